The average Bonchev–Trinajstić information content (AvgIpc) is 3.31. The van der Waals surface area contributed by atoms with Gasteiger partial charge in [-0.2, -0.15) is 4.98 Å². The van der Waals surface area contributed by atoms with Gasteiger partial charge in [0.2, 0.25) is 5.16 Å². The Morgan fingerprint density at radius 3 is 2.84 bits per heavy atom. The summed E-state index contributed by atoms with van der Waals surface area (Å²) in [5.41, 5.74) is 2.37. The van der Waals surface area contributed by atoms with Crippen LogP contribution in [0.1, 0.15) is 5.69 Å². The first kappa shape index (κ1) is 15.9. The van der Waals surface area contributed by atoms with Gasteiger partial charge in [0.15, 0.2) is 11.6 Å². The van der Waals surface area contributed by atoms with Gasteiger partial charge in [0.25, 0.3) is 0 Å². The molecule has 0 aliphatic heterocycles. The molecule has 4 aromatic rings. The maximum Gasteiger partial charge on any atom is 0.209 e. The van der Waals surface area contributed by atoms with E-state index in [-0.39, 0.29) is 0 Å². The number of thioether (sulfide) groups is 1. The number of aromatic amines is 1. The van der Waals surface area contributed by atoms with Crippen molar-refractivity contribution in [1.29, 1.82) is 0 Å². The third kappa shape index (κ3) is 3.57. The molecule has 25 heavy (non-hydrogen) atoms. The number of rotatable bonds is 5. The zero-order chi connectivity index (χ0) is 17.1. The Balaban J connectivity index is 1.44. The first-order valence-electron chi connectivity index (χ1n) is 7.47. The molecule has 8 heteroatoms. The molecule has 0 unspecified atom stereocenters. The number of pyridine rings is 1. The maximum absolute atomic E-state index is 6.18. The highest BCUT2D eigenvalue weighted by Crippen LogP contribution is 2.29. The summed E-state index contributed by atoms with van der Waals surface area (Å²) in [7, 11) is 0. The number of benzene rings is 1. The smallest absolute Gasteiger partial charge is 0.209 e. The molecule has 6 nitrogen and oxygen atoms in total. The van der Waals surface area contributed by atoms with Crippen molar-refractivity contribution in [3.05, 3.63) is 65.4 Å². The van der Waals surface area contributed by atoms with E-state index in [0.717, 1.165) is 17.0 Å². The Labute approximate surface area is 152 Å². The lowest BCUT2D eigenvalue weighted by Gasteiger charge is -1.96. The van der Waals surface area contributed by atoms with Gasteiger partial charge >= 0.3 is 0 Å². The third-order valence-electron chi connectivity index (χ3n) is 3.42. The predicted octanol–water partition coefficient (Wildman–Crippen LogP) is 4.47. The Morgan fingerprint density at radius 2 is 2.00 bits per heavy atom. The van der Waals surface area contributed by atoms with Gasteiger partial charge < -0.3 is 4.52 Å². The lowest BCUT2D eigenvalue weighted by atomic mass is 10.2. The number of halogens is 1. The van der Waals surface area contributed by atoms with E-state index in [0.29, 0.717) is 27.5 Å². The minimum Gasteiger partial charge on any atom is -0.356 e. The van der Waals surface area contributed by atoms with Crippen LogP contribution < -0.4 is 0 Å². The normalized spacial score (nSPS) is 10.9. The zero-order valence-corrected chi connectivity index (χ0v) is 14.5. The Kier molecular flexibility index (Phi) is 4.49. The van der Waals surface area contributed by atoms with Crippen LogP contribution in [0.4, 0.5) is 0 Å². The first-order valence-corrected chi connectivity index (χ1v) is 8.83. The number of hydrogen-bond donors (Lipinski definition) is 1. The molecule has 3 heterocycles. The first-order chi connectivity index (χ1) is 12.3. The largest absolute Gasteiger partial charge is 0.356 e. The van der Waals surface area contributed by atoms with Crippen molar-refractivity contribution in [2.75, 3.05) is 0 Å². The van der Waals surface area contributed by atoms with Crippen LogP contribution >= 0.6 is 23.4 Å². The van der Waals surface area contributed by atoms with E-state index in [1.165, 1.54) is 11.8 Å². The highest BCUT2D eigenvalue weighted by Gasteiger charge is 2.12. The van der Waals surface area contributed by atoms with Crippen LogP contribution in [0.15, 0.2) is 64.4 Å². The molecule has 1 N–H and O–H groups in total. The van der Waals surface area contributed by atoms with Crippen molar-refractivity contribution >= 4 is 23.4 Å². The molecule has 124 valence electrons. The van der Waals surface area contributed by atoms with Crippen LogP contribution in [-0.4, -0.2) is 25.3 Å². The van der Waals surface area contributed by atoms with Crippen molar-refractivity contribution in [3.8, 4) is 22.8 Å². The van der Waals surface area contributed by atoms with Crippen molar-refractivity contribution in [2.45, 2.75) is 10.9 Å². The number of H-pyrrole nitrogens is 1. The van der Waals surface area contributed by atoms with Crippen LogP contribution in [0.5, 0.6) is 0 Å². The molecule has 0 amide bonds. The minimum absolute atomic E-state index is 0.591. The summed E-state index contributed by atoms with van der Waals surface area (Å²) in [4.78, 5) is 8.67. The molecule has 4 rings (SSSR count). The van der Waals surface area contributed by atoms with Gasteiger partial charge in [-0.15, -0.1) is 5.10 Å². The monoisotopic (exact) mass is 369 g/mol. The van der Waals surface area contributed by atoms with Crippen LogP contribution in [0, 0.1) is 0 Å². The highest BCUT2D eigenvalue weighted by atomic mass is 35.5. The molecular formula is C17H12ClN5OS. The SMILES string of the molecule is Clc1ccccc1-c1cc(CSc2n[nH]c(-c3ccccn3)n2)no1. The Bertz CT molecular complexity index is 985. The molecule has 0 fully saturated rings. The second-order valence-corrected chi connectivity index (χ2v) is 6.48. The summed E-state index contributed by atoms with van der Waals surface area (Å²) in [5, 5.41) is 12.4. The molecular weight excluding hydrogens is 358 g/mol. The van der Waals surface area contributed by atoms with E-state index in [9.17, 15) is 0 Å². The van der Waals surface area contributed by atoms with Crippen LogP contribution in [0.2, 0.25) is 5.02 Å². The summed E-state index contributed by atoms with van der Waals surface area (Å²) in [6.07, 6.45) is 1.72. The summed E-state index contributed by atoms with van der Waals surface area (Å²) < 4.78 is 5.39. The highest BCUT2D eigenvalue weighted by molar-refractivity contribution is 7.98. The van der Waals surface area contributed by atoms with E-state index in [1.807, 2.05) is 48.5 Å². The van der Waals surface area contributed by atoms with Crippen LogP contribution in [0.25, 0.3) is 22.8 Å². The molecule has 3 aromatic heterocycles. The van der Waals surface area contributed by atoms with E-state index < -0.39 is 0 Å². The fourth-order valence-corrected chi connectivity index (χ4v) is 3.14. The predicted molar refractivity (Wildman–Crippen MR) is 96.1 cm³/mol. The molecule has 0 aliphatic carbocycles. The van der Waals surface area contributed by atoms with Gasteiger partial charge in [0.1, 0.15) is 5.69 Å². The molecule has 0 radical (unpaired) electrons. The van der Waals surface area contributed by atoms with Gasteiger partial charge in [-0.25, -0.2) is 0 Å². The molecule has 0 atom stereocenters. The summed E-state index contributed by atoms with van der Waals surface area (Å²) in [6.45, 7) is 0. The second kappa shape index (κ2) is 7.08. The molecule has 1 aromatic carbocycles. The Hall–Kier alpha value is -2.64. The maximum atomic E-state index is 6.18. The number of hydrogen-bond acceptors (Lipinski definition) is 6. The van der Waals surface area contributed by atoms with E-state index in [4.69, 9.17) is 16.1 Å². The minimum atomic E-state index is 0.591. The topological polar surface area (TPSA) is 80.5 Å². The van der Waals surface area contributed by atoms with Gasteiger partial charge in [0, 0.05) is 23.6 Å². The number of aromatic nitrogens is 5. The van der Waals surface area contributed by atoms with E-state index in [2.05, 4.69) is 25.3 Å². The summed E-state index contributed by atoms with van der Waals surface area (Å²) in [5.74, 6) is 1.87. The van der Waals surface area contributed by atoms with Crippen LogP contribution in [-0.2, 0) is 5.75 Å². The second-order valence-electron chi connectivity index (χ2n) is 5.13. The molecule has 0 bridgehead atoms. The van der Waals surface area contributed by atoms with Gasteiger partial charge in [-0.3, -0.25) is 10.1 Å². The fraction of sp³-hybridized carbons (Fsp3) is 0.0588. The van der Waals surface area contributed by atoms with Crippen molar-refractivity contribution in [2.24, 2.45) is 0 Å². The lowest BCUT2D eigenvalue weighted by Crippen LogP contribution is -1.84. The quantitative estimate of drug-likeness (QED) is 0.523. The fourth-order valence-electron chi connectivity index (χ4n) is 2.23. The zero-order valence-electron chi connectivity index (χ0n) is 12.9. The average molecular weight is 370 g/mol. The van der Waals surface area contributed by atoms with Crippen molar-refractivity contribution in [3.63, 3.8) is 0 Å². The molecule has 0 aliphatic rings. The standard InChI is InChI=1S/C17H12ClN5OS/c18-13-6-2-1-5-12(13)15-9-11(23-24-15)10-25-17-20-16(21-22-17)14-7-3-4-8-19-14/h1-9H,10H2,(H,20,21,22). The molecule has 0 saturated heterocycles. The van der Waals surface area contributed by atoms with Crippen molar-refractivity contribution < 1.29 is 4.52 Å². The molecule has 0 spiro atoms. The van der Waals surface area contributed by atoms with E-state index in [1.54, 1.807) is 6.20 Å². The van der Waals surface area contributed by atoms with E-state index >= 15 is 0 Å². The van der Waals surface area contributed by atoms with Crippen molar-refractivity contribution in [1.82, 2.24) is 25.3 Å². The number of nitrogens with zero attached hydrogens (tertiary/aromatic N) is 4. The summed E-state index contributed by atoms with van der Waals surface area (Å²) in [6, 6.07) is 15.0. The van der Waals surface area contributed by atoms with Gasteiger partial charge in [-0.1, -0.05) is 46.7 Å². The number of nitrogens with one attached hydrogen (secondary N) is 1. The van der Waals surface area contributed by atoms with Crippen LogP contribution in [0.3, 0.4) is 0 Å². The lowest BCUT2D eigenvalue weighted by molar-refractivity contribution is 0.426. The van der Waals surface area contributed by atoms with Gasteiger partial charge in [-0.05, 0) is 24.3 Å². The Morgan fingerprint density at radius 1 is 1.12 bits per heavy atom. The molecule has 0 saturated carbocycles. The van der Waals surface area contributed by atoms with Gasteiger partial charge in [0.05, 0.1) is 10.7 Å². The third-order valence-corrected chi connectivity index (χ3v) is 4.63. The summed E-state index contributed by atoms with van der Waals surface area (Å²) >= 11 is 7.64.